The van der Waals surface area contributed by atoms with E-state index >= 15 is 0 Å². The number of carbonyl (C=O) groups is 1. The van der Waals surface area contributed by atoms with Gasteiger partial charge in [-0.05, 0) is 76.4 Å². The number of Topliss-reactive ketones (excluding diaryl/α,β-unsaturated/α-hetero) is 1. The third kappa shape index (κ3) is 7.61. The molecule has 0 saturated carbocycles. The number of anilines is 1. The number of piperazine rings is 1. The van der Waals surface area contributed by atoms with E-state index in [0.29, 0.717) is 12.3 Å². The molecule has 0 atom stereocenters. The highest BCUT2D eigenvalue weighted by molar-refractivity contribution is 5.85. The number of halogens is 2. The van der Waals surface area contributed by atoms with Crippen LogP contribution >= 0.6 is 24.8 Å². The van der Waals surface area contributed by atoms with Crippen LogP contribution in [0.2, 0.25) is 0 Å². The second-order valence-electron chi connectivity index (χ2n) is 7.88. The van der Waals surface area contributed by atoms with Crippen LogP contribution in [-0.4, -0.2) is 67.9 Å². The Hall–Kier alpha value is -0.810. The molecule has 154 valence electrons. The van der Waals surface area contributed by atoms with Gasteiger partial charge in [-0.2, -0.15) is 0 Å². The van der Waals surface area contributed by atoms with Crippen LogP contribution in [0.5, 0.6) is 0 Å². The largest absolute Gasteiger partial charge is 0.369 e. The third-order valence-corrected chi connectivity index (χ3v) is 5.75. The Morgan fingerprint density at radius 2 is 1.67 bits per heavy atom. The van der Waals surface area contributed by atoms with E-state index in [1.807, 2.05) is 0 Å². The molecule has 2 aliphatic heterocycles. The van der Waals surface area contributed by atoms with Gasteiger partial charge < -0.3 is 4.90 Å². The Bertz CT molecular complexity index is 568. The summed E-state index contributed by atoms with van der Waals surface area (Å²) in [6, 6.07) is 8.86. The fourth-order valence-electron chi connectivity index (χ4n) is 4.17. The maximum Gasteiger partial charge on any atom is 0.143 e. The maximum absolute atomic E-state index is 11.2. The van der Waals surface area contributed by atoms with E-state index in [1.54, 1.807) is 6.92 Å². The molecule has 6 heteroatoms. The second kappa shape index (κ2) is 11.9. The molecule has 0 radical (unpaired) electrons. The summed E-state index contributed by atoms with van der Waals surface area (Å²) in [7, 11) is 0. The first-order valence-electron chi connectivity index (χ1n) is 9.86. The van der Waals surface area contributed by atoms with E-state index in [1.165, 1.54) is 50.1 Å². The fraction of sp³-hybridized carbons (Fsp3) is 0.667. The Balaban J connectivity index is 0.00000182. The lowest BCUT2D eigenvalue weighted by molar-refractivity contribution is -0.118. The maximum atomic E-state index is 11.2. The highest BCUT2D eigenvalue weighted by Crippen LogP contribution is 2.22. The first kappa shape index (κ1) is 24.2. The molecule has 27 heavy (non-hydrogen) atoms. The lowest BCUT2D eigenvalue weighted by Crippen LogP contribution is -2.47. The molecule has 0 bridgehead atoms. The van der Waals surface area contributed by atoms with Crippen molar-refractivity contribution in [2.75, 3.05) is 57.3 Å². The summed E-state index contributed by atoms with van der Waals surface area (Å²) in [6.45, 7) is 12.6. The molecule has 0 aliphatic carbocycles. The highest BCUT2D eigenvalue weighted by atomic mass is 35.5. The molecule has 2 aliphatic rings. The minimum Gasteiger partial charge on any atom is -0.369 e. The van der Waals surface area contributed by atoms with Gasteiger partial charge >= 0.3 is 0 Å². The van der Waals surface area contributed by atoms with Crippen LogP contribution in [-0.2, 0) is 4.79 Å². The van der Waals surface area contributed by atoms with Crippen molar-refractivity contribution in [2.45, 2.75) is 33.1 Å². The van der Waals surface area contributed by atoms with Crippen molar-refractivity contribution in [2.24, 2.45) is 5.92 Å². The fourth-order valence-corrected chi connectivity index (χ4v) is 4.17. The number of hydrogen-bond acceptors (Lipinski definition) is 4. The summed E-state index contributed by atoms with van der Waals surface area (Å²) < 4.78 is 0. The SMILES string of the molecule is CC(=O)CN1CCC(CCN2CCN(c3cccc(C)c3)CC2)CC1.Cl.Cl. The zero-order valence-electron chi connectivity index (χ0n) is 16.7. The van der Waals surface area contributed by atoms with E-state index in [4.69, 9.17) is 0 Å². The Morgan fingerprint density at radius 1 is 1.00 bits per heavy atom. The van der Waals surface area contributed by atoms with E-state index in [2.05, 4.69) is 45.9 Å². The van der Waals surface area contributed by atoms with Gasteiger partial charge in [0.25, 0.3) is 0 Å². The summed E-state index contributed by atoms with van der Waals surface area (Å²) in [5.74, 6) is 1.14. The van der Waals surface area contributed by atoms with Gasteiger partial charge in [-0.25, -0.2) is 0 Å². The molecule has 0 aromatic heterocycles. The van der Waals surface area contributed by atoms with Crippen LogP contribution in [0.1, 0.15) is 31.7 Å². The summed E-state index contributed by atoms with van der Waals surface area (Å²) >= 11 is 0. The first-order valence-corrected chi connectivity index (χ1v) is 9.86. The molecule has 3 rings (SSSR count). The summed E-state index contributed by atoms with van der Waals surface area (Å²) in [4.78, 5) is 18.7. The zero-order valence-corrected chi connectivity index (χ0v) is 18.4. The highest BCUT2D eigenvalue weighted by Gasteiger charge is 2.22. The number of aryl methyl sites for hydroxylation is 1. The van der Waals surface area contributed by atoms with Crippen molar-refractivity contribution in [3.8, 4) is 0 Å². The number of hydrogen-bond donors (Lipinski definition) is 0. The van der Waals surface area contributed by atoms with E-state index in [9.17, 15) is 4.79 Å². The average Bonchev–Trinajstić information content (AvgIpc) is 2.61. The molecule has 1 aromatic carbocycles. The van der Waals surface area contributed by atoms with Gasteiger partial charge in [0, 0.05) is 31.9 Å². The van der Waals surface area contributed by atoms with Gasteiger partial charge in [-0.3, -0.25) is 14.6 Å². The molecule has 1 aromatic rings. The Kier molecular flexibility index (Phi) is 10.7. The lowest BCUT2D eigenvalue weighted by Gasteiger charge is -2.37. The summed E-state index contributed by atoms with van der Waals surface area (Å²) in [6.07, 6.45) is 3.84. The van der Waals surface area contributed by atoms with Gasteiger partial charge in [0.1, 0.15) is 5.78 Å². The number of nitrogens with zero attached hydrogens (tertiary/aromatic N) is 3. The standard InChI is InChI=1S/C21H33N3O.2ClH/c1-18-4-3-5-21(16-18)24-14-12-22(13-15-24)9-6-20-7-10-23(11-8-20)17-19(2)25;;/h3-5,16,20H,6-15,17H2,1-2H3;2*1H. The molecule has 0 spiro atoms. The number of carbonyl (C=O) groups excluding carboxylic acids is 1. The van der Waals surface area contributed by atoms with Crippen molar-refractivity contribution in [3.63, 3.8) is 0 Å². The van der Waals surface area contributed by atoms with Crippen LogP contribution < -0.4 is 4.90 Å². The topological polar surface area (TPSA) is 26.8 Å². The molecule has 0 amide bonds. The van der Waals surface area contributed by atoms with Crippen LogP contribution in [0.25, 0.3) is 0 Å². The quantitative estimate of drug-likeness (QED) is 0.708. The monoisotopic (exact) mass is 415 g/mol. The molecule has 2 saturated heterocycles. The number of ketones is 1. The number of benzene rings is 1. The lowest BCUT2D eigenvalue weighted by atomic mass is 9.93. The number of rotatable bonds is 6. The predicted molar refractivity (Wildman–Crippen MR) is 119 cm³/mol. The smallest absolute Gasteiger partial charge is 0.143 e. The Morgan fingerprint density at radius 3 is 2.26 bits per heavy atom. The summed E-state index contributed by atoms with van der Waals surface area (Å²) in [5.41, 5.74) is 2.72. The predicted octanol–water partition coefficient (Wildman–Crippen LogP) is 3.65. The van der Waals surface area contributed by atoms with Crippen LogP contribution in [0.15, 0.2) is 24.3 Å². The van der Waals surface area contributed by atoms with E-state index in [0.717, 1.165) is 32.1 Å². The normalized spacial score (nSPS) is 19.3. The molecule has 2 fully saturated rings. The molecular weight excluding hydrogens is 381 g/mol. The second-order valence-corrected chi connectivity index (χ2v) is 7.88. The molecule has 0 unspecified atom stereocenters. The minimum atomic E-state index is 0. The molecule has 4 nitrogen and oxygen atoms in total. The van der Waals surface area contributed by atoms with Crippen molar-refractivity contribution < 1.29 is 4.79 Å². The van der Waals surface area contributed by atoms with Crippen LogP contribution in [0.4, 0.5) is 5.69 Å². The van der Waals surface area contributed by atoms with Crippen molar-refractivity contribution in [1.29, 1.82) is 0 Å². The van der Waals surface area contributed by atoms with Gasteiger partial charge in [-0.15, -0.1) is 24.8 Å². The molecular formula is C21H35Cl2N3O. The third-order valence-electron chi connectivity index (χ3n) is 5.75. The molecule has 2 heterocycles. The number of piperidine rings is 1. The van der Waals surface area contributed by atoms with Crippen molar-refractivity contribution in [3.05, 3.63) is 29.8 Å². The van der Waals surface area contributed by atoms with Gasteiger partial charge in [0.15, 0.2) is 0 Å². The van der Waals surface area contributed by atoms with Crippen molar-refractivity contribution in [1.82, 2.24) is 9.80 Å². The van der Waals surface area contributed by atoms with Crippen LogP contribution in [0, 0.1) is 12.8 Å². The summed E-state index contributed by atoms with van der Waals surface area (Å²) in [5, 5.41) is 0. The zero-order chi connectivity index (χ0) is 17.6. The van der Waals surface area contributed by atoms with Crippen molar-refractivity contribution >= 4 is 36.3 Å². The molecule has 0 N–H and O–H groups in total. The number of likely N-dealkylation sites (tertiary alicyclic amines) is 1. The van der Waals surface area contributed by atoms with Gasteiger partial charge in [0.2, 0.25) is 0 Å². The van der Waals surface area contributed by atoms with E-state index < -0.39 is 0 Å². The first-order chi connectivity index (χ1) is 12.1. The van der Waals surface area contributed by atoms with Crippen LogP contribution in [0.3, 0.4) is 0 Å². The van der Waals surface area contributed by atoms with Gasteiger partial charge in [0.05, 0.1) is 6.54 Å². The van der Waals surface area contributed by atoms with Gasteiger partial charge in [-0.1, -0.05) is 12.1 Å². The average molecular weight is 416 g/mol. The van der Waals surface area contributed by atoms with E-state index in [-0.39, 0.29) is 24.8 Å². The Labute approximate surface area is 177 Å². The minimum absolute atomic E-state index is 0.